The van der Waals surface area contributed by atoms with Crippen molar-refractivity contribution in [1.82, 2.24) is 4.98 Å². The maximum Gasteiger partial charge on any atom is 0.331 e. The fraction of sp³-hybridized carbons (Fsp3) is 0.429. The Bertz CT molecular complexity index is 269. The second-order valence-corrected chi connectivity index (χ2v) is 3.29. The van der Waals surface area contributed by atoms with Gasteiger partial charge in [-0.2, -0.15) is 0 Å². The van der Waals surface area contributed by atoms with Gasteiger partial charge in [0.2, 0.25) is 0 Å². The largest absolute Gasteiger partial charge is 0.467 e. The third-order valence-electron chi connectivity index (χ3n) is 1.57. The van der Waals surface area contributed by atoms with Gasteiger partial charge < -0.3 is 10.5 Å². The van der Waals surface area contributed by atoms with Crippen molar-refractivity contribution in [3.8, 4) is 0 Å². The van der Waals surface area contributed by atoms with E-state index in [0.29, 0.717) is 5.69 Å². The number of rotatable bonds is 2. The molecule has 2 N–H and O–H groups in total. The third-order valence-corrected chi connectivity index (χ3v) is 2.16. The lowest BCUT2D eigenvalue weighted by Gasteiger charge is -2.18. The van der Waals surface area contributed by atoms with Gasteiger partial charge in [0.1, 0.15) is 0 Å². The van der Waals surface area contributed by atoms with Crippen LogP contribution in [0.2, 0.25) is 0 Å². The molecule has 0 unspecified atom stereocenters. The van der Waals surface area contributed by atoms with Crippen molar-refractivity contribution in [3.63, 3.8) is 0 Å². The Balaban J connectivity index is 2.93. The quantitative estimate of drug-likeness (QED) is 0.683. The second kappa shape index (κ2) is 3.20. The van der Waals surface area contributed by atoms with Gasteiger partial charge in [0.25, 0.3) is 0 Å². The lowest BCUT2D eigenvalue weighted by molar-refractivity contribution is -0.146. The Hall–Kier alpha value is -0.940. The summed E-state index contributed by atoms with van der Waals surface area (Å²) in [4.78, 5) is 15.1. The average molecular weight is 186 g/mol. The number of carbonyl (C=O) groups excluding carboxylic acids is 1. The number of hydrogen-bond donors (Lipinski definition) is 1. The molecule has 1 aromatic rings. The molecule has 4 nitrogen and oxygen atoms in total. The van der Waals surface area contributed by atoms with Crippen molar-refractivity contribution in [2.75, 3.05) is 7.11 Å². The highest BCUT2D eigenvalue weighted by Crippen LogP contribution is 2.18. The minimum absolute atomic E-state index is 0.478. The van der Waals surface area contributed by atoms with E-state index in [2.05, 4.69) is 9.72 Å². The third kappa shape index (κ3) is 1.46. The van der Waals surface area contributed by atoms with Crippen LogP contribution in [0, 0.1) is 0 Å². The van der Waals surface area contributed by atoms with Crippen LogP contribution in [0.5, 0.6) is 0 Å². The predicted octanol–water partition coefficient (Wildman–Crippen LogP) is 0.490. The van der Waals surface area contributed by atoms with E-state index >= 15 is 0 Å². The molecule has 0 aliphatic heterocycles. The summed E-state index contributed by atoms with van der Waals surface area (Å²) in [7, 11) is 1.31. The molecule has 0 spiro atoms. The highest BCUT2D eigenvalue weighted by Gasteiger charge is 2.33. The highest BCUT2D eigenvalue weighted by molar-refractivity contribution is 7.07. The van der Waals surface area contributed by atoms with Crippen LogP contribution < -0.4 is 5.73 Å². The Morgan fingerprint density at radius 2 is 2.50 bits per heavy atom. The number of carbonyl (C=O) groups is 1. The van der Waals surface area contributed by atoms with Gasteiger partial charge in [0, 0.05) is 5.38 Å². The zero-order valence-corrected chi connectivity index (χ0v) is 7.72. The van der Waals surface area contributed by atoms with Gasteiger partial charge in [-0.25, -0.2) is 9.78 Å². The molecular formula is C7H10N2O2S. The van der Waals surface area contributed by atoms with Gasteiger partial charge in [-0.3, -0.25) is 0 Å². The Morgan fingerprint density at radius 1 is 1.83 bits per heavy atom. The molecule has 5 heteroatoms. The van der Waals surface area contributed by atoms with Gasteiger partial charge >= 0.3 is 5.97 Å². The Labute approximate surface area is 74.4 Å². The molecule has 0 aliphatic carbocycles. The monoisotopic (exact) mass is 186 g/mol. The van der Waals surface area contributed by atoms with Crippen molar-refractivity contribution in [2.45, 2.75) is 12.5 Å². The lowest BCUT2D eigenvalue weighted by atomic mass is 10.0. The lowest BCUT2D eigenvalue weighted by Crippen LogP contribution is -2.42. The van der Waals surface area contributed by atoms with Crippen LogP contribution in [-0.4, -0.2) is 18.1 Å². The molecule has 0 aromatic carbocycles. The number of hydrogen-bond acceptors (Lipinski definition) is 5. The summed E-state index contributed by atoms with van der Waals surface area (Å²) < 4.78 is 4.54. The summed E-state index contributed by atoms with van der Waals surface area (Å²) in [5.74, 6) is -0.478. The zero-order chi connectivity index (χ0) is 9.19. The molecule has 0 saturated heterocycles. The zero-order valence-electron chi connectivity index (χ0n) is 6.90. The van der Waals surface area contributed by atoms with Crippen LogP contribution in [0.1, 0.15) is 12.6 Å². The molecular weight excluding hydrogens is 176 g/mol. The van der Waals surface area contributed by atoms with E-state index in [1.165, 1.54) is 18.4 Å². The molecule has 1 atom stereocenters. The first-order valence-electron chi connectivity index (χ1n) is 3.35. The number of esters is 1. The van der Waals surface area contributed by atoms with Crippen molar-refractivity contribution < 1.29 is 9.53 Å². The molecule has 12 heavy (non-hydrogen) atoms. The van der Waals surface area contributed by atoms with Crippen molar-refractivity contribution in [2.24, 2.45) is 5.73 Å². The van der Waals surface area contributed by atoms with Crippen LogP contribution in [0.4, 0.5) is 0 Å². The maximum absolute atomic E-state index is 11.1. The summed E-state index contributed by atoms with van der Waals surface area (Å²) in [5.41, 5.74) is 6.75. The fourth-order valence-electron chi connectivity index (χ4n) is 0.786. The van der Waals surface area contributed by atoms with Gasteiger partial charge in [-0.05, 0) is 6.92 Å². The van der Waals surface area contributed by atoms with E-state index in [9.17, 15) is 4.79 Å². The Morgan fingerprint density at radius 3 is 2.92 bits per heavy atom. The van der Waals surface area contributed by atoms with Crippen LogP contribution >= 0.6 is 11.3 Å². The molecule has 0 aliphatic rings. The topological polar surface area (TPSA) is 65.2 Å². The van der Waals surface area contributed by atoms with Gasteiger partial charge in [0.15, 0.2) is 5.54 Å². The van der Waals surface area contributed by atoms with Crippen LogP contribution in [0.3, 0.4) is 0 Å². The SMILES string of the molecule is COC(=O)[C@](C)(N)c1cscn1. The first-order valence-corrected chi connectivity index (χ1v) is 4.29. The van der Waals surface area contributed by atoms with E-state index < -0.39 is 11.5 Å². The van der Waals surface area contributed by atoms with E-state index in [-0.39, 0.29) is 0 Å². The second-order valence-electron chi connectivity index (χ2n) is 2.57. The summed E-state index contributed by atoms with van der Waals surface area (Å²) in [6.45, 7) is 1.58. The number of thiazole rings is 1. The van der Waals surface area contributed by atoms with Crippen LogP contribution in [0.15, 0.2) is 10.9 Å². The summed E-state index contributed by atoms with van der Waals surface area (Å²) in [5, 5.41) is 1.73. The molecule has 1 rings (SSSR count). The number of nitrogens with zero attached hydrogens (tertiary/aromatic N) is 1. The number of methoxy groups -OCH3 is 1. The smallest absolute Gasteiger partial charge is 0.331 e. The van der Waals surface area contributed by atoms with E-state index in [1.54, 1.807) is 17.8 Å². The summed E-state index contributed by atoms with van der Waals surface area (Å²) in [6, 6.07) is 0. The highest BCUT2D eigenvalue weighted by atomic mass is 32.1. The van der Waals surface area contributed by atoms with Crippen molar-refractivity contribution in [3.05, 3.63) is 16.6 Å². The van der Waals surface area contributed by atoms with Crippen LogP contribution in [-0.2, 0) is 15.1 Å². The first kappa shape index (κ1) is 9.15. The predicted molar refractivity (Wildman–Crippen MR) is 45.7 cm³/mol. The number of nitrogens with two attached hydrogens (primary N) is 1. The number of ether oxygens (including phenoxy) is 1. The van der Waals surface area contributed by atoms with Gasteiger partial charge in [0.05, 0.1) is 18.3 Å². The molecule has 0 fully saturated rings. The molecule has 0 radical (unpaired) electrons. The number of aromatic nitrogens is 1. The van der Waals surface area contributed by atoms with Crippen molar-refractivity contribution >= 4 is 17.3 Å². The average Bonchev–Trinajstić information content (AvgIpc) is 2.55. The minimum Gasteiger partial charge on any atom is -0.467 e. The maximum atomic E-state index is 11.1. The molecule has 1 aromatic heterocycles. The molecule has 0 bridgehead atoms. The molecule has 1 heterocycles. The minimum atomic E-state index is -1.13. The molecule has 0 amide bonds. The molecule has 0 saturated carbocycles. The summed E-state index contributed by atoms with van der Waals surface area (Å²) >= 11 is 1.40. The summed E-state index contributed by atoms with van der Waals surface area (Å²) in [6.07, 6.45) is 0. The van der Waals surface area contributed by atoms with Crippen molar-refractivity contribution in [1.29, 1.82) is 0 Å². The van der Waals surface area contributed by atoms with E-state index in [4.69, 9.17) is 5.73 Å². The van der Waals surface area contributed by atoms with E-state index in [0.717, 1.165) is 0 Å². The normalized spacial score (nSPS) is 15.2. The fourth-order valence-corrected chi connectivity index (χ4v) is 1.46. The molecule has 66 valence electrons. The van der Waals surface area contributed by atoms with Gasteiger partial charge in [-0.15, -0.1) is 11.3 Å². The van der Waals surface area contributed by atoms with Crippen LogP contribution in [0.25, 0.3) is 0 Å². The van der Waals surface area contributed by atoms with Gasteiger partial charge in [-0.1, -0.05) is 0 Å². The standard InChI is InChI=1S/C7H10N2O2S/c1-7(8,6(10)11-2)5-3-12-4-9-5/h3-4H,8H2,1-2H3/t7-/m1/s1. The first-order chi connectivity index (χ1) is 5.59. The Kier molecular flexibility index (Phi) is 2.44. The van der Waals surface area contributed by atoms with E-state index in [1.807, 2.05) is 0 Å².